The average Bonchev–Trinajstić information content (AvgIpc) is 3.17. The van der Waals surface area contributed by atoms with E-state index >= 15 is 0 Å². The van der Waals surface area contributed by atoms with Gasteiger partial charge in [0.1, 0.15) is 5.75 Å². The largest absolute Gasteiger partial charge is 0.483 e. The molecule has 1 amide bonds. The predicted molar refractivity (Wildman–Crippen MR) is 104 cm³/mol. The van der Waals surface area contributed by atoms with Crippen molar-refractivity contribution in [1.29, 1.82) is 0 Å². The molecule has 0 unspecified atom stereocenters. The standard InChI is InChI=1S/C18H22N2O3S2/c1-11(2)22-7-4-6-19-16(21)10-23-14-9-15-17(20-12(3)25-15)18-13(14)5-8-24-18/h5,8-9,11H,4,6-7,10H2,1-3H3,(H,19,21). The lowest BCUT2D eigenvalue weighted by Gasteiger charge is -2.10. The molecule has 0 aliphatic carbocycles. The van der Waals surface area contributed by atoms with E-state index in [4.69, 9.17) is 9.47 Å². The van der Waals surface area contributed by atoms with Gasteiger partial charge in [-0.25, -0.2) is 4.98 Å². The Morgan fingerprint density at radius 2 is 2.24 bits per heavy atom. The van der Waals surface area contributed by atoms with Gasteiger partial charge in [-0.15, -0.1) is 22.7 Å². The minimum absolute atomic E-state index is 0.0132. The van der Waals surface area contributed by atoms with Crippen LogP contribution in [0.2, 0.25) is 0 Å². The molecule has 0 saturated carbocycles. The topological polar surface area (TPSA) is 60.5 Å². The predicted octanol–water partition coefficient (Wildman–Crippen LogP) is 4.13. The zero-order valence-electron chi connectivity index (χ0n) is 14.6. The lowest BCUT2D eigenvalue weighted by molar-refractivity contribution is -0.123. The van der Waals surface area contributed by atoms with Crippen LogP contribution in [0, 0.1) is 6.92 Å². The molecule has 7 heteroatoms. The van der Waals surface area contributed by atoms with E-state index in [0.29, 0.717) is 13.2 Å². The fourth-order valence-corrected chi connectivity index (χ4v) is 4.35. The molecule has 25 heavy (non-hydrogen) atoms. The molecule has 1 N–H and O–H groups in total. The Balaban J connectivity index is 1.59. The smallest absolute Gasteiger partial charge is 0.257 e. The summed E-state index contributed by atoms with van der Waals surface area (Å²) in [6, 6.07) is 4.00. The first-order valence-corrected chi connectivity index (χ1v) is 10.0. The third kappa shape index (κ3) is 4.48. The molecule has 0 saturated heterocycles. The molecule has 1 aromatic carbocycles. The number of benzene rings is 1. The number of hydrogen-bond donors (Lipinski definition) is 1. The Morgan fingerprint density at radius 1 is 1.40 bits per heavy atom. The zero-order chi connectivity index (χ0) is 17.8. The molecule has 0 radical (unpaired) electrons. The van der Waals surface area contributed by atoms with Crippen LogP contribution in [0.1, 0.15) is 25.3 Å². The molecule has 0 fully saturated rings. The van der Waals surface area contributed by atoms with Gasteiger partial charge in [0.15, 0.2) is 6.61 Å². The summed E-state index contributed by atoms with van der Waals surface area (Å²) in [5.41, 5.74) is 1.02. The third-order valence-corrected chi connectivity index (χ3v) is 5.46. The Morgan fingerprint density at radius 3 is 3.04 bits per heavy atom. The van der Waals surface area contributed by atoms with Gasteiger partial charge in [-0.1, -0.05) is 0 Å². The molecule has 0 bridgehead atoms. The average molecular weight is 379 g/mol. The first kappa shape index (κ1) is 18.1. The molecule has 0 atom stereocenters. The number of aryl methyl sites for hydroxylation is 1. The van der Waals surface area contributed by atoms with Gasteiger partial charge in [-0.05, 0) is 38.6 Å². The number of amides is 1. The molecule has 0 spiro atoms. The van der Waals surface area contributed by atoms with E-state index in [9.17, 15) is 4.79 Å². The van der Waals surface area contributed by atoms with E-state index in [1.165, 1.54) is 0 Å². The molecule has 3 rings (SSSR count). The molecule has 0 aliphatic heterocycles. The fraction of sp³-hybridized carbons (Fsp3) is 0.444. The summed E-state index contributed by atoms with van der Waals surface area (Å²) < 4.78 is 13.4. The Bertz CT molecular complexity index is 870. The fourth-order valence-electron chi connectivity index (χ4n) is 2.52. The van der Waals surface area contributed by atoms with E-state index in [1.807, 2.05) is 38.3 Å². The van der Waals surface area contributed by atoms with Crippen LogP contribution in [0.4, 0.5) is 0 Å². The summed E-state index contributed by atoms with van der Waals surface area (Å²) in [5, 5.41) is 6.93. The van der Waals surface area contributed by atoms with Crippen molar-refractivity contribution in [3.05, 3.63) is 22.5 Å². The Kier molecular flexibility index (Phi) is 5.88. The van der Waals surface area contributed by atoms with E-state index in [1.54, 1.807) is 22.7 Å². The summed E-state index contributed by atoms with van der Waals surface area (Å²) in [7, 11) is 0. The number of fused-ring (bicyclic) bond motifs is 3. The van der Waals surface area contributed by atoms with Gasteiger partial charge in [0.05, 0.1) is 26.0 Å². The minimum Gasteiger partial charge on any atom is -0.483 e. The first-order valence-electron chi connectivity index (χ1n) is 8.33. The molecule has 2 heterocycles. The lowest BCUT2D eigenvalue weighted by atomic mass is 10.2. The summed E-state index contributed by atoms with van der Waals surface area (Å²) in [6.07, 6.45) is 1.02. The number of rotatable bonds is 8. The van der Waals surface area contributed by atoms with Crippen molar-refractivity contribution in [3.63, 3.8) is 0 Å². The number of carbonyl (C=O) groups excluding carboxylic acids is 1. The summed E-state index contributed by atoms with van der Waals surface area (Å²) >= 11 is 3.29. The number of nitrogens with zero attached hydrogens (tertiary/aromatic N) is 1. The SMILES string of the molecule is Cc1nc2c(cc(OCC(=O)NCCCOC(C)C)c3ccsc32)s1. The second-order valence-electron chi connectivity index (χ2n) is 6.03. The van der Waals surface area contributed by atoms with Crippen molar-refractivity contribution < 1.29 is 14.3 Å². The van der Waals surface area contributed by atoms with Crippen molar-refractivity contribution in [2.75, 3.05) is 19.8 Å². The van der Waals surface area contributed by atoms with Gasteiger partial charge in [-0.3, -0.25) is 4.79 Å². The maximum Gasteiger partial charge on any atom is 0.257 e. The number of aromatic nitrogens is 1. The molecule has 0 aliphatic rings. The van der Waals surface area contributed by atoms with Crippen LogP contribution in [-0.2, 0) is 9.53 Å². The maximum atomic E-state index is 12.0. The van der Waals surface area contributed by atoms with E-state index in [-0.39, 0.29) is 18.6 Å². The van der Waals surface area contributed by atoms with Crippen LogP contribution in [0.3, 0.4) is 0 Å². The van der Waals surface area contributed by atoms with Crippen LogP contribution >= 0.6 is 22.7 Å². The van der Waals surface area contributed by atoms with Crippen LogP contribution < -0.4 is 10.1 Å². The highest BCUT2D eigenvalue weighted by Gasteiger charge is 2.13. The normalized spacial score (nSPS) is 11.5. The quantitative estimate of drug-likeness (QED) is 0.599. The van der Waals surface area contributed by atoms with Gasteiger partial charge < -0.3 is 14.8 Å². The van der Waals surface area contributed by atoms with Gasteiger partial charge in [-0.2, -0.15) is 0 Å². The Labute approximate surface area is 155 Å². The highest BCUT2D eigenvalue weighted by molar-refractivity contribution is 7.21. The van der Waals surface area contributed by atoms with Crippen LogP contribution in [0.25, 0.3) is 20.3 Å². The maximum absolute atomic E-state index is 12.0. The third-order valence-electron chi connectivity index (χ3n) is 3.62. The monoisotopic (exact) mass is 378 g/mol. The Hall–Kier alpha value is -1.70. The number of carbonyl (C=O) groups is 1. The number of thiazole rings is 1. The van der Waals surface area contributed by atoms with E-state index in [2.05, 4.69) is 10.3 Å². The molecule has 2 aromatic heterocycles. The molecule has 134 valence electrons. The number of ether oxygens (including phenoxy) is 2. The van der Waals surface area contributed by atoms with E-state index < -0.39 is 0 Å². The second-order valence-corrected chi connectivity index (χ2v) is 8.18. The molecule has 5 nitrogen and oxygen atoms in total. The lowest BCUT2D eigenvalue weighted by Crippen LogP contribution is -2.30. The number of nitrogens with one attached hydrogen (secondary N) is 1. The van der Waals surface area contributed by atoms with Gasteiger partial charge >= 0.3 is 0 Å². The van der Waals surface area contributed by atoms with Gasteiger partial charge in [0.2, 0.25) is 0 Å². The van der Waals surface area contributed by atoms with Crippen LogP contribution in [0.5, 0.6) is 5.75 Å². The first-order chi connectivity index (χ1) is 12.0. The number of thiophene rings is 1. The van der Waals surface area contributed by atoms with Crippen molar-refractivity contribution >= 4 is 48.9 Å². The van der Waals surface area contributed by atoms with Crippen molar-refractivity contribution in [2.45, 2.75) is 33.3 Å². The molecule has 3 aromatic rings. The van der Waals surface area contributed by atoms with Crippen LogP contribution in [-0.4, -0.2) is 36.8 Å². The second kappa shape index (κ2) is 8.12. The van der Waals surface area contributed by atoms with Gasteiger partial charge in [0.25, 0.3) is 5.91 Å². The van der Waals surface area contributed by atoms with Gasteiger partial charge in [0, 0.05) is 24.6 Å². The molecular formula is C18H22N2O3S2. The molecular weight excluding hydrogens is 356 g/mol. The van der Waals surface area contributed by atoms with Crippen molar-refractivity contribution in [1.82, 2.24) is 10.3 Å². The number of hydrogen-bond acceptors (Lipinski definition) is 6. The highest BCUT2D eigenvalue weighted by atomic mass is 32.1. The van der Waals surface area contributed by atoms with Crippen LogP contribution in [0.15, 0.2) is 17.5 Å². The summed E-state index contributed by atoms with van der Waals surface area (Å²) in [6.45, 7) is 7.25. The zero-order valence-corrected chi connectivity index (χ0v) is 16.3. The summed E-state index contributed by atoms with van der Waals surface area (Å²) in [4.78, 5) is 16.6. The van der Waals surface area contributed by atoms with E-state index in [0.717, 1.165) is 37.5 Å². The van der Waals surface area contributed by atoms with Crippen molar-refractivity contribution in [3.8, 4) is 5.75 Å². The highest BCUT2D eigenvalue weighted by Crippen LogP contribution is 2.38. The summed E-state index contributed by atoms with van der Waals surface area (Å²) in [5.74, 6) is 0.624. The van der Waals surface area contributed by atoms with Crippen molar-refractivity contribution in [2.24, 2.45) is 0 Å². The minimum atomic E-state index is -0.117.